The van der Waals surface area contributed by atoms with Crippen molar-refractivity contribution in [2.75, 3.05) is 19.0 Å². The molecule has 1 aromatic rings. The first-order valence-electron chi connectivity index (χ1n) is 7.79. The number of urea groups is 1. The molecule has 0 aliphatic heterocycles. The van der Waals surface area contributed by atoms with Gasteiger partial charge in [-0.3, -0.25) is 4.68 Å². The monoisotopic (exact) mass is 292 g/mol. The fraction of sp³-hybridized carbons (Fsp3) is 0.733. The van der Waals surface area contributed by atoms with E-state index in [1.54, 1.807) is 18.0 Å². The number of carbonyl (C=O) groups excluding carboxylic acids is 1. The van der Waals surface area contributed by atoms with Crippen LogP contribution in [-0.2, 0) is 11.3 Å². The number of nitrogens with zero attached hydrogens (tertiary/aromatic N) is 3. The SMILES string of the molecule is COCCn1cc(NC(=O)N(C2CC2)[C@H](C)C2CC2)cn1. The molecule has 1 heterocycles. The molecule has 2 aliphatic rings. The van der Waals surface area contributed by atoms with Crippen LogP contribution in [0.4, 0.5) is 10.5 Å². The van der Waals surface area contributed by atoms with Crippen LogP contribution >= 0.6 is 0 Å². The first kappa shape index (κ1) is 14.4. The lowest BCUT2D eigenvalue weighted by Gasteiger charge is -2.29. The van der Waals surface area contributed by atoms with Crippen LogP contribution in [0.3, 0.4) is 0 Å². The van der Waals surface area contributed by atoms with Gasteiger partial charge in [-0.15, -0.1) is 0 Å². The quantitative estimate of drug-likeness (QED) is 0.839. The van der Waals surface area contributed by atoms with Gasteiger partial charge >= 0.3 is 6.03 Å². The van der Waals surface area contributed by atoms with E-state index in [9.17, 15) is 4.79 Å². The largest absolute Gasteiger partial charge is 0.383 e. The van der Waals surface area contributed by atoms with Crippen molar-refractivity contribution in [3.8, 4) is 0 Å². The second kappa shape index (κ2) is 6.05. The molecule has 2 aliphatic carbocycles. The topological polar surface area (TPSA) is 59.4 Å². The van der Waals surface area contributed by atoms with Gasteiger partial charge in [-0.05, 0) is 38.5 Å². The van der Waals surface area contributed by atoms with Crippen molar-refractivity contribution in [1.29, 1.82) is 0 Å². The number of hydrogen-bond donors (Lipinski definition) is 1. The number of amides is 2. The predicted octanol–water partition coefficient (Wildman–Crippen LogP) is 2.32. The Morgan fingerprint density at radius 3 is 2.90 bits per heavy atom. The molecule has 2 saturated carbocycles. The maximum absolute atomic E-state index is 12.5. The van der Waals surface area contributed by atoms with Crippen LogP contribution < -0.4 is 5.32 Å². The predicted molar refractivity (Wildman–Crippen MR) is 80.2 cm³/mol. The molecule has 21 heavy (non-hydrogen) atoms. The van der Waals surface area contributed by atoms with Crippen molar-refractivity contribution in [3.63, 3.8) is 0 Å². The van der Waals surface area contributed by atoms with Crippen LogP contribution in [0, 0.1) is 5.92 Å². The van der Waals surface area contributed by atoms with Gasteiger partial charge in [-0.1, -0.05) is 0 Å². The van der Waals surface area contributed by atoms with E-state index in [1.165, 1.54) is 12.8 Å². The summed E-state index contributed by atoms with van der Waals surface area (Å²) in [6.45, 7) is 3.48. The molecule has 116 valence electrons. The zero-order valence-electron chi connectivity index (χ0n) is 12.8. The molecule has 0 saturated heterocycles. The Balaban J connectivity index is 1.59. The van der Waals surface area contributed by atoms with Gasteiger partial charge in [0.2, 0.25) is 0 Å². The summed E-state index contributed by atoms with van der Waals surface area (Å²) in [6, 6.07) is 0.799. The van der Waals surface area contributed by atoms with Crippen molar-refractivity contribution in [2.24, 2.45) is 5.92 Å². The zero-order chi connectivity index (χ0) is 14.8. The van der Waals surface area contributed by atoms with E-state index in [4.69, 9.17) is 4.74 Å². The van der Waals surface area contributed by atoms with E-state index >= 15 is 0 Å². The van der Waals surface area contributed by atoms with E-state index in [0.717, 1.165) is 18.5 Å². The smallest absolute Gasteiger partial charge is 0.322 e. The third-order valence-electron chi connectivity index (χ3n) is 4.33. The maximum atomic E-state index is 12.5. The Morgan fingerprint density at radius 2 is 2.29 bits per heavy atom. The van der Waals surface area contributed by atoms with Gasteiger partial charge in [0.1, 0.15) is 0 Å². The van der Waals surface area contributed by atoms with Gasteiger partial charge in [-0.25, -0.2) is 4.79 Å². The first-order valence-corrected chi connectivity index (χ1v) is 7.79. The van der Waals surface area contributed by atoms with E-state index in [-0.39, 0.29) is 6.03 Å². The highest BCUT2D eigenvalue weighted by Gasteiger charge is 2.41. The Morgan fingerprint density at radius 1 is 1.52 bits per heavy atom. The third kappa shape index (κ3) is 3.56. The number of nitrogens with one attached hydrogen (secondary N) is 1. The van der Waals surface area contributed by atoms with Crippen molar-refractivity contribution in [3.05, 3.63) is 12.4 Å². The highest BCUT2D eigenvalue weighted by molar-refractivity contribution is 5.89. The van der Waals surface area contributed by atoms with Crippen LogP contribution in [0.5, 0.6) is 0 Å². The summed E-state index contributed by atoms with van der Waals surface area (Å²) in [6.07, 6.45) is 8.33. The molecule has 0 unspecified atom stereocenters. The van der Waals surface area contributed by atoms with Gasteiger partial charge in [0.05, 0.1) is 25.0 Å². The fourth-order valence-corrected chi connectivity index (χ4v) is 2.77. The molecule has 0 bridgehead atoms. The summed E-state index contributed by atoms with van der Waals surface area (Å²) >= 11 is 0. The molecule has 0 spiro atoms. The summed E-state index contributed by atoms with van der Waals surface area (Å²) in [5.41, 5.74) is 0.754. The Bertz CT molecular complexity index is 494. The molecule has 6 nitrogen and oxygen atoms in total. The molecule has 3 rings (SSSR count). The van der Waals surface area contributed by atoms with Gasteiger partial charge in [0.15, 0.2) is 0 Å². The zero-order valence-corrected chi connectivity index (χ0v) is 12.8. The second-order valence-electron chi connectivity index (χ2n) is 6.13. The van der Waals surface area contributed by atoms with Crippen LogP contribution in [0.2, 0.25) is 0 Å². The lowest BCUT2D eigenvalue weighted by molar-refractivity contribution is 0.180. The van der Waals surface area contributed by atoms with Crippen LogP contribution in [0.1, 0.15) is 32.6 Å². The van der Waals surface area contributed by atoms with E-state index < -0.39 is 0 Å². The Hall–Kier alpha value is -1.56. The number of ether oxygens (including phenoxy) is 1. The lowest BCUT2D eigenvalue weighted by atomic mass is 10.2. The minimum Gasteiger partial charge on any atom is -0.383 e. The minimum absolute atomic E-state index is 0.0168. The molecule has 0 radical (unpaired) electrons. The number of carbonyl (C=O) groups is 1. The van der Waals surface area contributed by atoms with E-state index in [2.05, 4.69) is 17.3 Å². The summed E-state index contributed by atoms with van der Waals surface area (Å²) < 4.78 is 6.81. The Kier molecular flexibility index (Phi) is 4.14. The minimum atomic E-state index is 0.0168. The van der Waals surface area contributed by atoms with Crippen LogP contribution in [0.15, 0.2) is 12.4 Å². The molecule has 1 N–H and O–H groups in total. The summed E-state index contributed by atoms with van der Waals surface area (Å²) in [7, 11) is 1.67. The number of rotatable bonds is 7. The highest BCUT2D eigenvalue weighted by atomic mass is 16.5. The van der Waals surface area contributed by atoms with Crippen molar-refractivity contribution < 1.29 is 9.53 Å². The van der Waals surface area contributed by atoms with Gasteiger partial charge in [-0.2, -0.15) is 5.10 Å². The summed E-state index contributed by atoms with van der Waals surface area (Å²) in [5.74, 6) is 0.695. The number of aromatic nitrogens is 2. The second-order valence-corrected chi connectivity index (χ2v) is 6.13. The summed E-state index contributed by atoms with van der Waals surface area (Å²) in [4.78, 5) is 14.6. The molecule has 1 atom stereocenters. The van der Waals surface area contributed by atoms with Gasteiger partial charge < -0.3 is 15.0 Å². The average Bonchev–Trinajstić information content (AvgIpc) is 3.36. The average molecular weight is 292 g/mol. The van der Waals surface area contributed by atoms with Crippen molar-refractivity contribution in [1.82, 2.24) is 14.7 Å². The lowest BCUT2D eigenvalue weighted by Crippen LogP contribution is -2.44. The molecule has 2 fully saturated rings. The van der Waals surface area contributed by atoms with Gasteiger partial charge in [0, 0.05) is 25.4 Å². The highest BCUT2D eigenvalue weighted by Crippen LogP contribution is 2.39. The van der Waals surface area contributed by atoms with Crippen molar-refractivity contribution >= 4 is 11.7 Å². The molecule has 1 aromatic heterocycles. The standard InChI is InChI=1S/C15H24N4O2/c1-11(12-3-4-12)19(14-5-6-14)15(20)17-13-9-16-18(10-13)7-8-21-2/h9-12,14H,3-8H2,1-2H3,(H,17,20)/t11-/m1/s1. The summed E-state index contributed by atoms with van der Waals surface area (Å²) in [5, 5.41) is 7.21. The molecular formula is C15H24N4O2. The normalized spacial score (nSPS) is 19.3. The fourth-order valence-electron chi connectivity index (χ4n) is 2.77. The Labute approximate surface area is 125 Å². The first-order chi connectivity index (χ1) is 10.2. The molecular weight excluding hydrogens is 268 g/mol. The number of methoxy groups -OCH3 is 1. The van der Waals surface area contributed by atoms with E-state index in [1.807, 2.05) is 11.1 Å². The molecule has 0 aromatic carbocycles. The van der Waals surface area contributed by atoms with Gasteiger partial charge in [0.25, 0.3) is 0 Å². The van der Waals surface area contributed by atoms with Crippen molar-refractivity contribution in [2.45, 2.75) is 51.2 Å². The maximum Gasteiger partial charge on any atom is 0.322 e. The molecule has 6 heteroatoms. The molecule has 2 amide bonds. The number of anilines is 1. The van der Waals surface area contributed by atoms with Crippen LogP contribution in [-0.4, -0.2) is 46.5 Å². The number of hydrogen-bond acceptors (Lipinski definition) is 3. The third-order valence-corrected chi connectivity index (χ3v) is 4.33. The van der Waals surface area contributed by atoms with E-state index in [0.29, 0.717) is 31.2 Å². The van der Waals surface area contributed by atoms with Crippen LogP contribution in [0.25, 0.3) is 0 Å².